The van der Waals surface area contributed by atoms with Gasteiger partial charge in [-0.15, -0.1) is 0 Å². The zero-order chi connectivity index (χ0) is 24.7. The van der Waals surface area contributed by atoms with Gasteiger partial charge in [-0.3, -0.25) is 9.10 Å². The number of para-hydroxylation sites is 2. The molecule has 0 aromatic heterocycles. The second kappa shape index (κ2) is 11.0. The van der Waals surface area contributed by atoms with Gasteiger partial charge in [-0.25, -0.2) is 13.8 Å². The van der Waals surface area contributed by atoms with Crippen LogP contribution in [0.3, 0.4) is 0 Å². The largest absolute Gasteiger partial charge is 0.504 e. The number of phenolic OH excluding ortho intramolecular Hbond substituents is 1. The van der Waals surface area contributed by atoms with Gasteiger partial charge in [-0.1, -0.05) is 40.2 Å². The number of aromatic hydroxyl groups is 1. The van der Waals surface area contributed by atoms with Gasteiger partial charge < -0.3 is 14.6 Å². The van der Waals surface area contributed by atoms with Crippen molar-refractivity contribution in [3.8, 4) is 17.2 Å². The Morgan fingerprint density at radius 3 is 2.44 bits per heavy atom. The summed E-state index contributed by atoms with van der Waals surface area (Å²) in [6.07, 6.45) is 1.23. The van der Waals surface area contributed by atoms with Gasteiger partial charge >= 0.3 is 0 Å². The predicted octanol–water partition coefficient (Wildman–Crippen LogP) is 3.52. The van der Waals surface area contributed by atoms with Crippen LogP contribution in [0.5, 0.6) is 17.2 Å². The van der Waals surface area contributed by atoms with Crippen LogP contribution in [-0.2, 0) is 14.8 Å². The zero-order valence-corrected chi connectivity index (χ0v) is 20.7. The molecule has 0 atom stereocenters. The Labute approximate surface area is 205 Å². The van der Waals surface area contributed by atoms with Crippen LogP contribution < -0.4 is 19.2 Å². The molecule has 0 bridgehead atoms. The van der Waals surface area contributed by atoms with E-state index in [9.17, 15) is 18.3 Å². The van der Waals surface area contributed by atoms with E-state index in [0.29, 0.717) is 10.0 Å². The normalized spacial score (nSPS) is 11.3. The number of carbonyl (C=O) groups is 1. The number of carbonyl (C=O) groups excluding carboxylic acids is 1. The van der Waals surface area contributed by atoms with Gasteiger partial charge in [0.1, 0.15) is 17.2 Å². The molecule has 0 radical (unpaired) electrons. The van der Waals surface area contributed by atoms with Crippen molar-refractivity contribution in [3.63, 3.8) is 0 Å². The quantitative estimate of drug-likeness (QED) is 0.312. The van der Waals surface area contributed by atoms with Crippen LogP contribution in [0.1, 0.15) is 5.56 Å². The third-order valence-electron chi connectivity index (χ3n) is 4.67. The molecule has 0 aliphatic carbocycles. The number of halogens is 1. The molecule has 0 aliphatic heterocycles. The maximum Gasteiger partial charge on any atom is 0.268 e. The Morgan fingerprint density at radius 2 is 1.76 bits per heavy atom. The first-order chi connectivity index (χ1) is 16.3. The van der Waals surface area contributed by atoms with Crippen LogP contribution >= 0.6 is 15.9 Å². The Bertz CT molecular complexity index is 1300. The van der Waals surface area contributed by atoms with Gasteiger partial charge in [0, 0.05) is 10.0 Å². The number of amides is 1. The van der Waals surface area contributed by atoms with Crippen LogP contribution in [0, 0.1) is 0 Å². The summed E-state index contributed by atoms with van der Waals surface area (Å²) in [5.74, 6) is -0.450. The summed E-state index contributed by atoms with van der Waals surface area (Å²) in [5.41, 5.74) is 2.89. The minimum Gasteiger partial charge on any atom is -0.504 e. The average molecular weight is 548 g/mol. The second-order valence-electron chi connectivity index (χ2n) is 6.83. The molecule has 178 valence electrons. The molecule has 34 heavy (non-hydrogen) atoms. The van der Waals surface area contributed by atoms with Crippen molar-refractivity contribution in [1.29, 1.82) is 0 Å². The summed E-state index contributed by atoms with van der Waals surface area (Å²) < 4.78 is 38.9. The topological polar surface area (TPSA) is 118 Å². The number of sulfonamides is 1. The number of anilines is 1. The van der Waals surface area contributed by atoms with Gasteiger partial charge in [-0.05, 0) is 42.5 Å². The van der Waals surface area contributed by atoms with E-state index in [4.69, 9.17) is 9.47 Å². The Balaban J connectivity index is 1.88. The Morgan fingerprint density at radius 1 is 1.06 bits per heavy atom. The Hall–Kier alpha value is -3.57. The monoisotopic (exact) mass is 547 g/mol. The van der Waals surface area contributed by atoms with E-state index in [0.717, 1.165) is 4.31 Å². The molecule has 1 amide bonds. The maximum absolute atomic E-state index is 13.6. The first-order valence-electron chi connectivity index (χ1n) is 9.87. The van der Waals surface area contributed by atoms with Gasteiger partial charge in [0.2, 0.25) is 0 Å². The molecule has 0 saturated carbocycles. The molecule has 2 N–H and O–H groups in total. The fourth-order valence-corrected chi connectivity index (χ4v) is 5.15. The first-order valence-corrected chi connectivity index (χ1v) is 12.1. The van der Waals surface area contributed by atoms with Crippen LogP contribution in [-0.4, -0.2) is 46.4 Å². The molecule has 0 saturated heterocycles. The molecule has 3 rings (SSSR count). The van der Waals surface area contributed by atoms with Crippen LogP contribution in [0.4, 0.5) is 5.69 Å². The van der Waals surface area contributed by atoms with E-state index in [2.05, 4.69) is 26.5 Å². The minimum atomic E-state index is -4.20. The van der Waals surface area contributed by atoms with Crippen molar-refractivity contribution in [2.24, 2.45) is 5.10 Å². The average Bonchev–Trinajstić information content (AvgIpc) is 2.84. The van der Waals surface area contributed by atoms with Crippen LogP contribution in [0.25, 0.3) is 0 Å². The number of rotatable bonds is 9. The molecular formula is C23H22BrN3O6S. The highest BCUT2D eigenvalue weighted by Gasteiger charge is 2.30. The second-order valence-corrected chi connectivity index (χ2v) is 9.58. The summed E-state index contributed by atoms with van der Waals surface area (Å²) in [6.45, 7) is -0.552. The summed E-state index contributed by atoms with van der Waals surface area (Å²) in [7, 11) is -1.42. The van der Waals surface area contributed by atoms with E-state index >= 15 is 0 Å². The first kappa shape index (κ1) is 25.1. The third kappa shape index (κ3) is 5.67. The highest BCUT2D eigenvalue weighted by Crippen LogP contribution is 2.32. The highest BCUT2D eigenvalue weighted by molar-refractivity contribution is 9.10. The molecule has 3 aromatic carbocycles. The van der Waals surface area contributed by atoms with E-state index in [1.54, 1.807) is 54.6 Å². The molecule has 0 unspecified atom stereocenters. The summed E-state index contributed by atoms with van der Waals surface area (Å²) in [6, 6.07) is 17.6. The lowest BCUT2D eigenvalue weighted by molar-refractivity contribution is -0.119. The van der Waals surface area contributed by atoms with Crippen molar-refractivity contribution in [3.05, 3.63) is 76.8 Å². The number of methoxy groups -OCH3 is 2. The molecule has 0 fully saturated rings. The van der Waals surface area contributed by atoms with Gasteiger partial charge in [0.15, 0.2) is 11.5 Å². The van der Waals surface area contributed by atoms with E-state index < -0.39 is 22.5 Å². The summed E-state index contributed by atoms with van der Waals surface area (Å²) in [4.78, 5) is 12.6. The fourth-order valence-electron chi connectivity index (χ4n) is 3.03. The number of benzene rings is 3. The molecule has 0 aliphatic rings. The van der Waals surface area contributed by atoms with Gasteiger partial charge in [-0.2, -0.15) is 5.10 Å². The zero-order valence-electron chi connectivity index (χ0n) is 18.3. The Kier molecular flexibility index (Phi) is 8.13. The van der Waals surface area contributed by atoms with Crippen molar-refractivity contribution in [1.82, 2.24) is 5.43 Å². The van der Waals surface area contributed by atoms with E-state index in [1.807, 2.05) is 0 Å². The van der Waals surface area contributed by atoms with E-state index in [-0.39, 0.29) is 27.8 Å². The maximum atomic E-state index is 13.6. The number of nitrogens with zero attached hydrogens (tertiary/aromatic N) is 2. The van der Waals surface area contributed by atoms with Crippen molar-refractivity contribution in [2.75, 3.05) is 25.1 Å². The number of hydrazone groups is 1. The smallest absolute Gasteiger partial charge is 0.268 e. The molecule has 3 aromatic rings. The number of nitrogens with one attached hydrogen (secondary N) is 1. The number of ether oxygens (including phenoxy) is 2. The molecular weight excluding hydrogens is 526 g/mol. The number of phenols is 1. The fraction of sp³-hybridized carbons (Fsp3) is 0.130. The molecule has 11 heteroatoms. The third-order valence-corrected chi connectivity index (χ3v) is 6.96. The van der Waals surface area contributed by atoms with Crippen molar-refractivity contribution >= 4 is 43.8 Å². The van der Waals surface area contributed by atoms with Crippen molar-refractivity contribution < 1.29 is 27.8 Å². The van der Waals surface area contributed by atoms with E-state index in [1.165, 1.54) is 32.6 Å². The van der Waals surface area contributed by atoms with Crippen molar-refractivity contribution in [2.45, 2.75) is 4.90 Å². The number of hydrogen-bond acceptors (Lipinski definition) is 7. The van der Waals surface area contributed by atoms with Gasteiger partial charge in [0.05, 0.1) is 26.1 Å². The van der Waals surface area contributed by atoms with Gasteiger partial charge in [0.25, 0.3) is 15.9 Å². The molecule has 0 heterocycles. The minimum absolute atomic E-state index is 0.106. The predicted molar refractivity (Wildman–Crippen MR) is 132 cm³/mol. The lowest BCUT2D eigenvalue weighted by atomic mass is 10.2. The molecule has 9 nitrogen and oxygen atoms in total. The SMILES string of the molecule is COc1ccc(Br)cc1S(=O)(=O)N(CC(=O)N/N=C\c1cccc(OC)c1O)c1ccccc1. The summed E-state index contributed by atoms with van der Waals surface area (Å²) in [5, 5.41) is 14.0. The lowest BCUT2D eigenvalue weighted by Crippen LogP contribution is -2.39. The lowest BCUT2D eigenvalue weighted by Gasteiger charge is -2.24. The van der Waals surface area contributed by atoms with Crippen LogP contribution in [0.2, 0.25) is 0 Å². The van der Waals surface area contributed by atoms with Crippen LogP contribution in [0.15, 0.2) is 81.2 Å². The standard InChI is InChI=1S/C23H22BrN3O6S/c1-32-19-12-11-17(24)13-21(19)34(30,31)27(18-8-4-3-5-9-18)15-22(28)26-25-14-16-7-6-10-20(33-2)23(16)29/h3-14,29H,15H2,1-2H3,(H,26,28)/b25-14-. The highest BCUT2D eigenvalue weighted by atomic mass is 79.9. The molecule has 0 spiro atoms. The summed E-state index contributed by atoms with van der Waals surface area (Å²) >= 11 is 3.28. The number of hydrogen-bond donors (Lipinski definition) is 2.